The summed E-state index contributed by atoms with van der Waals surface area (Å²) >= 11 is 1.66. The van der Waals surface area contributed by atoms with E-state index < -0.39 is 5.97 Å². The van der Waals surface area contributed by atoms with Crippen molar-refractivity contribution in [1.82, 2.24) is 9.88 Å². The Hall–Kier alpha value is -2.34. The molecule has 2 aromatic rings. The highest BCUT2D eigenvalue weighted by Gasteiger charge is 2.26. The highest BCUT2D eigenvalue weighted by Crippen LogP contribution is 2.38. The first-order valence-electron chi connectivity index (χ1n) is 8.87. The standard InChI is InChI=1S/C20H24N2O3S/c1-14-12-16(15(2)22(14)17-6-7-17)5-8-20(24)25-13-19(23)21-10-9-18-4-3-11-26-18/h3-5,8,11-12,17H,6-7,9-10,13H2,1-2H3,(H,21,23)/b8-5+. The summed E-state index contributed by atoms with van der Waals surface area (Å²) in [6, 6.07) is 6.70. The van der Waals surface area contributed by atoms with Crippen LogP contribution >= 0.6 is 11.3 Å². The van der Waals surface area contributed by atoms with Gasteiger partial charge in [-0.1, -0.05) is 6.07 Å². The number of nitrogens with zero attached hydrogens (tertiary/aromatic N) is 1. The lowest BCUT2D eigenvalue weighted by molar-refractivity contribution is -0.143. The predicted molar refractivity (Wildman–Crippen MR) is 103 cm³/mol. The van der Waals surface area contributed by atoms with Crippen molar-refractivity contribution >= 4 is 29.3 Å². The number of nitrogens with one attached hydrogen (secondary N) is 1. The van der Waals surface area contributed by atoms with Gasteiger partial charge in [0.2, 0.25) is 0 Å². The van der Waals surface area contributed by atoms with E-state index in [1.807, 2.05) is 17.5 Å². The molecule has 0 bridgehead atoms. The highest BCUT2D eigenvalue weighted by molar-refractivity contribution is 7.09. The Morgan fingerprint density at radius 1 is 1.38 bits per heavy atom. The Morgan fingerprint density at radius 3 is 2.88 bits per heavy atom. The number of hydrogen-bond acceptors (Lipinski definition) is 4. The molecule has 1 N–H and O–H groups in total. The first-order chi connectivity index (χ1) is 12.5. The molecule has 5 nitrogen and oxygen atoms in total. The van der Waals surface area contributed by atoms with Gasteiger partial charge < -0.3 is 14.6 Å². The summed E-state index contributed by atoms with van der Waals surface area (Å²) in [6.45, 7) is 4.44. The van der Waals surface area contributed by atoms with Crippen molar-refractivity contribution in [1.29, 1.82) is 0 Å². The molecule has 1 aliphatic rings. The maximum atomic E-state index is 11.8. The number of aryl methyl sites for hydroxylation is 1. The lowest BCUT2D eigenvalue weighted by Crippen LogP contribution is -2.30. The van der Waals surface area contributed by atoms with Crippen LogP contribution in [0.15, 0.2) is 29.7 Å². The quantitative estimate of drug-likeness (QED) is 0.571. The van der Waals surface area contributed by atoms with Crippen LogP contribution in [-0.4, -0.2) is 29.6 Å². The zero-order valence-corrected chi connectivity index (χ0v) is 16.0. The average molecular weight is 372 g/mol. The maximum Gasteiger partial charge on any atom is 0.331 e. The Morgan fingerprint density at radius 2 is 2.19 bits per heavy atom. The van der Waals surface area contributed by atoms with Crippen molar-refractivity contribution in [2.24, 2.45) is 0 Å². The van der Waals surface area contributed by atoms with Crippen LogP contribution < -0.4 is 5.32 Å². The molecule has 6 heteroatoms. The van der Waals surface area contributed by atoms with Gasteiger partial charge in [-0.3, -0.25) is 4.79 Å². The molecule has 2 heterocycles. The van der Waals surface area contributed by atoms with Crippen LogP contribution in [0.25, 0.3) is 6.08 Å². The molecule has 0 saturated heterocycles. The van der Waals surface area contributed by atoms with Crippen LogP contribution in [0.2, 0.25) is 0 Å². The van der Waals surface area contributed by atoms with Crippen LogP contribution in [0.3, 0.4) is 0 Å². The molecule has 0 spiro atoms. The van der Waals surface area contributed by atoms with Crippen molar-refractivity contribution in [2.45, 2.75) is 39.2 Å². The second-order valence-electron chi connectivity index (χ2n) is 6.55. The Labute approximate surface area is 157 Å². The van der Waals surface area contributed by atoms with Gasteiger partial charge in [-0.05, 0) is 62.3 Å². The lowest BCUT2D eigenvalue weighted by Gasteiger charge is -2.06. The number of thiophene rings is 1. The second-order valence-corrected chi connectivity index (χ2v) is 7.58. The minimum atomic E-state index is -0.505. The Balaban J connectivity index is 1.41. The fourth-order valence-corrected chi connectivity index (χ4v) is 3.75. The number of esters is 1. The maximum absolute atomic E-state index is 11.8. The van der Waals surface area contributed by atoms with Gasteiger partial charge in [-0.25, -0.2) is 4.79 Å². The minimum absolute atomic E-state index is 0.255. The molecular formula is C20H24N2O3S. The van der Waals surface area contributed by atoms with Crippen LogP contribution in [0.4, 0.5) is 0 Å². The molecule has 0 unspecified atom stereocenters. The first-order valence-corrected chi connectivity index (χ1v) is 9.75. The number of aromatic nitrogens is 1. The van der Waals surface area contributed by atoms with Gasteiger partial charge >= 0.3 is 5.97 Å². The van der Waals surface area contributed by atoms with E-state index in [-0.39, 0.29) is 12.5 Å². The van der Waals surface area contributed by atoms with Gasteiger partial charge in [0.15, 0.2) is 6.61 Å². The van der Waals surface area contributed by atoms with Gasteiger partial charge in [0.05, 0.1) is 0 Å². The monoisotopic (exact) mass is 372 g/mol. The number of amides is 1. The summed E-state index contributed by atoms with van der Waals surface area (Å²) in [5, 5.41) is 4.76. The molecule has 0 aromatic carbocycles. The average Bonchev–Trinajstić information content (AvgIpc) is 3.22. The zero-order chi connectivity index (χ0) is 18.5. The SMILES string of the molecule is Cc1cc(/C=C/C(=O)OCC(=O)NCCc2cccs2)c(C)n1C1CC1. The van der Waals surface area contributed by atoms with E-state index in [0.29, 0.717) is 12.6 Å². The molecule has 2 aromatic heterocycles. The molecule has 0 atom stereocenters. The molecule has 138 valence electrons. The number of rotatable bonds is 8. The molecule has 1 fully saturated rings. The van der Waals surface area contributed by atoms with Crippen molar-refractivity contribution in [2.75, 3.05) is 13.2 Å². The molecule has 1 amide bonds. The van der Waals surface area contributed by atoms with E-state index in [2.05, 4.69) is 29.8 Å². The van der Waals surface area contributed by atoms with E-state index in [9.17, 15) is 9.59 Å². The van der Waals surface area contributed by atoms with E-state index in [1.165, 1.54) is 35.2 Å². The fraction of sp³-hybridized carbons (Fsp3) is 0.400. The summed E-state index contributed by atoms with van der Waals surface area (Å²) in [6.07, 6.45) is 6.39. The number of carbonyl (C=O) groups excluding carboxylic acids is 2. The third-order valence-electron chi connectivity index (χ3n) is 4.45. The smallest absolute Gasteiger partial charge is 0.331 e. The second kappa shape index (κ2) is 8.36. The van der Waals surface area contributed by atoms with Crippen molar-refractivity contribution < 1.29 is 14.3 Å². The van der Waals surface area contributed by atoms with Gasteiger partial charge in [0, 0.05) is 34.9 Å². The minimum Gasteiger partial charge on any atom is -0.452 e. The molecule has 26 heavy (non-hydrogen) atoms. The molecule has 0 radical (unpaired) electrons. The third kappa shape index (κ3) is 4.85. The first kappa shape index (κ1) is 18.5. The number of carbonyl (C=O) groups is 2. The summed E-state index contributed by atoms with van der Waals surface area (Å²) in [4.78, 5) is 24.8. The fourth-order valence-electron chi connectivity index (χ4n) is 3.04. The van der Waals surface area contributed by atoms with Crippen molar-refractivity contribution in [3.8, 4) is 0 Å². The summed E-state index contributed by atoms with van der Waals surface area (Å²) in [5.74, 6) is -0.787. The molecule has 0 aliphatic heterocycles. The highest BCUT2D eigenvalue weighted by atomic mass is 32.1. The summed E-state index contributed by atoms with van der Waals surface area (Å²) < 4.78 is 7.33. The van der Waals surface area contributed by atoms with Gasteiger partial charge in [0.1, 0.15) is 0 Å². The van der Waals surface area contributed by atoms with Crippen LogP contribution in [0, 0.1) is 13.8 Å². The molecular weight excluding hydrogens is 348 g/mol. The summed E-state index contributed by atoms with van der Waals surface area (Å²) in [7, 11) is 0. The molecule has 3 rings (SSSR count). The number of hydrogen-bond donors (Lipinski definition) is 1. The van der Waals surface area contributed by atoms with Crippen molar-refractivity contribution in [3.63, 3.8) is 0 Å². The van der Waals surface area contributed by atoms with Gasteiger partial charge in [-0.2, -0.15) is 0 Å². The van der Waals surface area contributed by atoms with Crippen LogP contribution in [0.1, 0.15) is 40.7 Å². The van der Waals surface area contributed by atoms with E-state index in [0.717, 1.165) is 12.0 Å². The van der Waals surface area contributed by atoms with E-state index >= 15 is 0 Å². The van der Waals surface area contributed by atoms with Crippen LogP contribution in [0.5, 0.6) is 0 Å². The lowest BCUT2D eigenvalue weighted by atomic mass is 10.2. The summed E-state index contributed by atoms with van der Waals surface area (Å²) in [5.41, 5.74) is 3.40. The van der Waals surface area contributed by atoms with Crippen molar-refractivity contribution in [3.05, 3.63) is 51.5 Å². The molecule has 1 saturated carbocycles. The van der Waals surface area contributed by atoms with E-state index in [4.69, 9.17) is 4.74 Å². The number of ether oxygens (including phenoxy) is 1. The molecule has 1 aliphatic carbocycles. The predicted octanol–water partition coefficient (Wildman–Crippen LogP) is 3.42. The Bertz CT molecular complexity index is 801. The van der Waals surface area contributed by atoms with E-state index in [1.54, 1.807) is 17.4 Å². The Kier molecular flexibility index (Phi) is 5.93. The third-order valence-corrected chi connectivity index (χ3v) is 5.39. The van der Waals surface area contributed by atoms with Gasteiger partial charge in [0.25, 0.3) is 5.91 Å². The topological polar surface area (TPSA) is 60.3 Å². The zero-order valence-electron chi connectivity index (χ0n) is 15.2. The largest absolute Gasteiger partial charge is 0.452 e. The van der Waals surface area contributed by atoms with Gasteiger partial charge in [-0.15, -0.1) is 11.3 Å². The van der Waals surface area contributed by atoms with Crippen LogP contribution in [-0.2, 0) is 20.7 Å². The normalized spacial score (nSPS) is 13.9.